The van der Waals surface area contributed by atoms with Gasteiger partial charge in [-0.05, 0) is 43.4 Å². The SMILES string of the molecule is c1cncc(CNC2CCC(n3cnc4cnc5[nH]ccc5c43)CC2)c1. The Morgan fingerprint density at radius 2 is 2.04 bits per heavy atom. The summed E-state index contributed by atoms with van der Waals surface area (Å²) >= 11 is 0. The summed E-state index contributed by atoms with van der Waals surface area (Å²) in [7, 11) is 0. The molecule has 1 aliphatic carbocycles. The molecular formula is C20H22N6. The van der Waals surface area contributed by atoms with Gasteiger partial charge in [-0.1, -0.05) is 6.07 Å². The van der Waals surface area contributed by atoms with Crippen LogP contribution < -0.4 is 5.32 Å². The third-order valence-corrected chi connectivity index (χ3v) is 5.53. The average Bonchev–Trinajstić information content (AvgIpc) is 3.34. The van der Waals surface area contributed by atoms with Gasteiger partial charge in [-0.2, -0.15) is 0 Å². The minimum Gasteiger partial charge on any atom is -0.346 e. The molecule has 0 atom stereocenters. The summed E-state index contributed by atoms with van der Waals surface area (Å²) in [5.41, 5.74) is 4.38. The van der Waals surface area contributed by atoms with Crippen LogP contribution in [-0.4, -0.2) is 30.5 Å². The highest BCUT2D eigenvalue weighted by atomic mass is 15.1. The molecule has 4 aromatic heterocycles. The molecule has 132 valence electrons. The summed E-state index contributed by atoms with van der Waals surface area (Å²) in [4.78, 5) is 16.4. The first-order chi connectivity index (χ1) is 12.9. The van der Waals surface area contributed by atoms with Gasteiger partial charge in [0.25, 0.3) is 0 Å². The maximum atomic E-state index is 4.58. The maximum Gasteiger partial charge on any atom is 0.139 e. The number of fused-ring (bicyclic) bond motifs is 3. The number of hydrogen-bond acceptors (Lipinski definition) is 4. The molecule has 1 saturated carbocycles. The minimum absolute atomic E-state index is 0.511. The molecule has 0 unspecified atom stereocenters. The van der Waals surface area contributed by atoms with Crippen LogP contribution in [-0.2, 0) is 6.54 Å². The normalized spacial score (nSPS) is 20.8. The summed E-state index contributed by atoms with van der Waals surface area (Å²) < 4.78 is 2.37. The Hall–Kier alpha value is -2.73. The third kappa shape index (κ3) is 2.76. The van der Waals surface area contributed by atoms with Gasteiger partial charge >= 0.3 is 0 Å². The lowest BCUT2D eigenvalue weighted by Crippen LogP contribution is -2.33. The van der Waals surface area contributed by atoms with Crippen molar-refractivity contribution in [1.82, 2.24) is 29.8 Å². The van der Waals surface area contributed by atoms with Gasteiger partial charge < -0.3 is 14.9 Å². The molecule has 2 N–H and O–H groups in total. The molecular weight excluding hydrogens is 324 g/mol. The number of imidazole rings is 1. The monoisotopic (exact) mass is 346 g/mol. The quantitative estimate of drug-likeness (QED) is 0.592. The van der Waals surface area contributed by atoms with E-state index < -0.39 is 0 Å². The lowest BCUT2D eigenvalue weighted by atomic mass is 9.90. The molecule has 0 radical (unpaired) electrons. The maximum absolute atomic E-state index is 4.58. The second-order valence-electron chi connectivity index (χ2n) is 7.13. The number of aromatic amines is 1. The number of aromatic nitrogens is 5. The Morgan fingerprint density at radius 3 is 2.88 bits per heavy atom. The molecule has 0 aromatic carbocycles. The van der Waals surface area contributed by atoms with E-state index in [2.05, 4.69) is 42.0 Å². The molecule has 6 nitrogen and oxygen atoms in total. The molecule has 0 spiro atoms. The molecule has 5 rings (SSSR count). The summed E-state index contributed by atoms with van der Waals surface area (Å²) in [5.74, 6) is 0. The fraction of sp³-hybridized carbons (Fsp3) is 0.350. The molecule has 4 aromatic rings. The number of nitrogens with one attached hydrogen (secondary N) is 2. The van der Waals surface area contributed by atoms with Crippen LogP contribution >= 0.6 is 0 Å². The van der Waals surface area contributed by atoms with Crippen LogP contribution in [0.15, 0.2) is 49.3 Å². The number of pyridine rings is 2. The number of nitrogens with zero attached hydrogens (tertiary/aromatic N) is 4. The highest BCUT2D eigenvalue weighted by molar-refractivity contribution is 6.00. The van der Waals surface area contributed by atoms with E-state index in [1.165, 1.54) is 36.8 Å². The van der Waals surface area contributed by atoms with Crippen LogP contribution in [0.2, 0.25) is 0 Å². The molecule has 6 heteroatoms. The van der Waals surface area contributed by atoms with E-state index in [1.54, 1.807) is 0 Å². The van der Waals surface area contributed by atoms with Gasteiger partial charge in [0.2, 0.25) is 0 Å². The molecule has 26 heavy (non-hydrogen) atoms. The molecule has 1 aliphatic rings. The van der Waals surface area contributed by atoms with Crippen LogP contribution in [0.1, 0.15) is 37.3 Å². The molecule has 0 bridgehead atoms. The molecule has 4 heterocycles. The summed E-state index contributed by atoms with van der Waals surface area (Å²) in [6, 6.07) is 7.31. The molecule has 0 aliphatic heterocycles. The van der Waals surface area contributed by atoms with Gasteiger partial charge in [0.05, 0.1) is 18.0 Å². The molecule has 1 fully saturated rings. The van der Waals surface area contributed by atoms with Crippen LogP contribution in [0, 0.1) is 0 Å². The van der Waals surface area contributed by atoms with Crippen molar-refractivity contribution in [1.29, 1.82) is 0 Å². The van der Waals surface area contributed by atoms with Crippen molar-refractivity contribution in [3.8, 4) is 0 Å². The van der Waals surface area contributed by atoms with Crippen LogP contribution in [0.4, 0.5) is 0 Å². The van der Waals surface area contributed by atoms with Crippen molar-refractivity contribution in [3.63, 3.8) is 0 Å². The Labute approximate surface area is 151 Å². The van der Waals surface area contributed by atoms with Crippen molar-refractivity contribution in [3.05, 3.63) is 54.9 Å². The number of rotatable bonds is 4. The predicted molar refractivity (Wildman–Crippen MR) is 102 cm³/mol. The number of hydrogen-bond donors (Lipinski definition) is 2. The second-order valence-corrected chi connectivity index (χ2v) is 7.13. The zero-order chi connectivity index (χ0) is 17.3. The highest BCUT2D eigenvalue weighted by Crippen LogP contribution is 2.33. The summed E-state index contributed by atoms with van der Waals surface area (Å²) in [6.07, 6.45) is 14.3. The van der Waals surface area contributed by atoms with Crippen LogP contribution in [0.3, 0.4) is 0 Å². The standard InChI is InChI=1S/C20H22N6/c1-2-14(10-21-8-1)11-23-15-3-5-16(6-4-15)26-13-25-18-12-24-20-17(19(18)26)7-9-22-20/h1-2,7-10,12-13,15-16,23H,3-6,11H2,(H,22,24). The Bertz CT molecular complexity index is 1010. The smallest absolute Gasteiger partial charge is 0.139 e. The van der Waals surface area contributed by atoms with Gasteiger partial charge in [-0.15, -0.1) is 0 Å². The molecule has 0 amide bonds. The van der Waals surface area contributed by atoms with Crippen molar-refractivity contribution >= 4 is 22.1 Å². The first-order valence-corrected chi connectivity index (χ1v) is 9.29. The zero-order valence-electron chi connectivity index (χ0n) is 14.6. The summed E-state index contributed by atoms with van der Waals surface area (Å²) in [5, 5.41) is 4.85. The van der Waals surface area contributed by atoms with Crippen molar-refractivity contribution < 1.29 is 0 Å². The van der Waals surface area contributed by atoms with E-state index in [-0.39, 0.29) is 0 Å². The van der Waals surface area contributed by atoms with Crippen molar-refractivity contribution in [2.24, 2.45) is 0 Å². The Kier molecular flexibility index (Phi) is 3.90. The fourth-order valence-corrected chi connectivity index (χ4v) is 4.13. The minimum atomic E-state index is 0.511. The topological polar surface area (TPSA) is 71.4 Å². The van der Waals surface area contributed by atoms with E-state index in [4.69, 9.17) is 0 Å². The van der Waals surface area contributed by atoms with E-state index in [9.17, 15) is 0 Å². The largest absolute Gasteiger partial charge is 0.346 e. The van der Waals surface area contributed by atoms with Crippen LogP contribution in [0.25, 0.3) is 22.1 Å². The van der Waals surface area contributed by atoms with E-state index in [0.29, 0.717) is 12.1 Å². The zero-order valence-corrected chi connectivity index (χ0v) is 14.6. The van der Waals surface area contributed by atoms with Gasteiger partial charge in [0, 0.05) is 42.6 Å². The lowest BCUT2D eigenvalue weighted by molar-refractivity contribution is 0.294. The predicted octanol–water partition coefficient (Wildman–Crippen LogP) is 3.58. The van der Waals surface area contributed by atoms with E-state index in [0.717, 1.165) is 23.1 Å². The Morgan fingerprint density at radius 1 is 1.12 bits per heavy atom. The van der Waals surface area contributed by atoms with E-state index >= 15 is 0 Å². The number of H-pyrrole nitrogens is 1. The van der Waals surface area contributed by atoms with E-state index in [1.807, 2.05) is 37.2 Å². The first kappa shape index (κ1) is 15.5. The summed E-state index contributed by atoms with van der Waals surface area (Å²) in [6.45, 7) is 0.896. The van der Waals surface area contributed by atoms with Gasteiger partial charge in [-0.25, -0.2) is 9.97 Å². The van der Waals surface area contributed by atoms with Gasteiger partial charge in [-0.3, -0.25) is 4.98 Å². The second kappa shape index (κ2) is 6.53. The van der Waals surface area contributed by atoms with Crippen molar-refractivity contribution in [2.45, 2.75) is 44.3 Å². The highest BCUT2D eigenvalue weighted by Gasteiger charge is 2.24. The fourth-order valence-electron chi connectivity index (χ4n) is 4.13. The van der Waals surface area contributed by atoms with Crippen LogP contribution in [0.5, 0.6) is 0 Å². The third-order valence-electron chi connectivity index (χ3n) is 5.53. The van der Waals surface area contributed by atoms with Crippen molar-refractivity contribution in [2.75, 3.05) is 0 Å². The molecule has 0 saturated heterocycles. The average molecular weight is 346 g/mol. The first-order valence-electron chi connectivity index (χ1n) is 9.29. The van der Waals surface area contributed by atoms with Gasteiger partial charge in [0.1, 0.15) is 11.2 Å². The van der Waals surface area contributed by atoms with Gasteiger partial charge in [0.15, 0.2) is 0 Å². The Balaban J connectivity index is 1.30. The lowest BCUT2D eigenvalue weighted by Gasteiger charge is -2.30.